The smallest absolute Gasteiger partial charge is 0.326 e. The molecule has 1 fully saturated rings. The number of pyridine rings is 1. The fraction of sp³-hybridized carbons (Fsp3) is 0.417. The number of aliphatic carboxylic acids is 1. The number of carbonyl (C=O) groups excluding carboxylic acids is 1. The number of hydrogen-bond acceptors (Lipinski definition) is 3. The van der Waals surface area contributed by atoms with Gasteiger partial charge in [-0.15, -0.1) is 0 Å². The molecule has 0 aliphatic carbocycles. The van der Waals surface area contributed by atoms with E-state index < -0.39 is 23.9 Å². The quantitative estimate of drug-likeness (QED) is 0.802. The lowest BCUT2D eigenvalue weighted by Crippen LogP contribution is -2.43. The monoisotopic (exact) mass is 252 g/mol. The van der Waals surface area contributed by atoms with Gasteiger partial charge >= 0.3 is 5.97 Å². The molecular weight excluding hydrogens is 239 g/mol. The molecule has 2 rings (SSSR count). The summed E-state index contributed by atoms with van der Waals surface area (Å²) in [5, 5.41) is 9.12. The van der Waals surface area contributed by atoms with Crippen LogP contribution < -0.4 is 0 Å². The Morgan fingerprint density at radius 1 is 1.50 bits per heavy atom. The Labute approximate surface area is 103 Å². The lowest BCUT2D eigenvalue weighted by molar-refractivity contribution is -0.142. The minimum absolute atomic E-state index is 0.0599. The van der Waals surface area contributed by atoms with Gasteiger partial charge in [0, 0.05) is 6.54 Å². The average Bonchev–Trinajstić information content (AvgIpc) is 2.70. The highest BCUT2D eigenvalue weighted by molar-refractivity contribution is 5.95. The molecule has 1 saturated heterocycles. The van der Waals surface area contributed by atoms with Crippen molar-refractivity contribution < 1.29 is 19.1 Å². The van der Waals surface area contributed by atoms with Gasteiger partial charge in [0.15, 0.2) is 0 Å². The molecule has 2 heterocycles. The van der Waals surface area contributed by atoms with Gasteiger partial charge < -0.3 is 10.0 Å². The first-order chi connectivity index (χ1) is 8.50. The Bertz CT molecular complexity index is 492. The molecule has 96 valence electrons. The topological polar surface area (TPSA) is 70.5 Å². The van der Waals surface area contributed by atoms with Gasteiger partial charge in [0.05, 0.1) is 0 Å². The highest BCUT2D eigenvalue weighted by Gasteiger charge is 2.40. The van der Waals surface area contributed by atoms with Crippen molar-refractivity contribution in [2.45, 2.75) is 19.4 Å². The summed E-state index contributed by atoms with van der Waals surface area (Å²) >= 11 is 0. The number of aromatic nitrogens is 1. The van der Waals surface area contributed by atoms with E-state index in [9.17, 15) is 14.0 Å². The van der Waals surface area contributed by atoms with Crippen LogP contribution in [0.1, 0.15) is 23.8 Å². The molecule has 2 atom stereocenters. The van der Waals surface area contributed by atoms with Crippen molar-refractivity contribution in [3.05, 3.63) is 29.8 Å². The molecule has 1 aliphatic heterocycles. The van der Waals surface area contributed by atoms with Gasteiger partial charge in [-0.25, -0.2) is 9.78 Å². The van der Waals surface area contributed by atoms with Crippen molar-refractivity contribution in [3.8, 4) is 0 Å². The molecule has 0 spiro atoms. The number of carboxylic acids is 1. The van der Waals surface area contributed by atoms with E-state index in [0.717, 1.165) is 6.07 Å². The average molecular weight is 252 g/mol. The maximum atomic E-state index is 12.9. The zero-order valence-corrected chi connectivity index (χ0v) is 9.84. The molecular formula is C12H13FN2O3. The van der Waals surface area contributed by atoms with E-state index >= 15 is 0 Å². The highest BCUT2D eigenvalue weighted by Crippen LogP contribution is 2.25. The van der Waals surface area contributed by atoms with Crippen molar-refractivity contribution in [1.29, 1.82) is 0 Å². The molecule has 1 aromatic heterocycles. The van der Waals surface area contributed by atoms with Crippen LogP contribution in [0.15, 0.2) is 18.2 Å². The molecule has 1 N–H and O–H groups in total. The summed E-state index contributed by atoms with van der Waals surface area (Å²) < 4.78 is 12.9. The fourth-order valence-corrected chi connectivity index (χ4v) is 2.23. The standard InChI is InChI=1S/C12H13FN2O3/c1-7-5-6-15(10(7)12(17)18)11(16)8-3-2-4-9(13)14-8/h2-4,7,10H,5-6H2,1H3,(H,17,18). The van der Waals surface area contributed by atoms with Crippen molar-refractivity contribution in [2.24, 2.45) is 5.92 Å². The summed E-state index contributed by atoms with van der Waals surface area (Å²) in [6.07, 6.45) is 0.623. The second kappa shape index (κ2) is 4.72. The number of carbonyl (C=O) groups is 2. The largest absolute Gasteiger partial charge is 0.480 e. The van der Waals surface area contributed by atoms with Crippen LogP contribution in [0, 0.1) is 11.9 Å². The van der Waals surface area contributed by atoms with Crippen molar-refractivity contribution in [3.63, 3.8) is 0 Å². The van der Waals surface area contributed by atoms with Gasteiger partial charge in [-0.3, -0.25) is 4.79 Å². The number of nitrogens with zero attached hydrogens (tertiary/aromatic N) is 2. The number of amides is 1. The second-order valence-corrected chi connectivity index (χ2v) is 4.39. The first-order valence-corrected chi connectivity index (χ1v) is 5.67. The summed E-state index contributed by atoms with van der Waals surface area (Å²) in [6.45, 7) is 2.14. The van der Waals surface area contributed by atoms with Gasteiger partial charge in [-0.1, -0.05) is 13.0 Å². The van der Waals surface area contributed by atoms with Crippen molar-refractivity contribution in [1.82, 2.24) is 9.88 Å². The molecule has 1 amide bonds. The van der Waals surface area contributed by atoms with E-state index in [4.69, 9.17) is 5.11 Å². The number of rotatable bonds is 2. The summed E-state index contributed by atoms with van der Waals surface area (Å²) in [4.78, 5) is 28.0. The van der Waals surface area contributed by atoms with Crippen molar-refractivity contribution >= 4 is 11.9 Å². The van der Waals surface area contributed by atoms with Crippen molar-refractivity contribution in [2.75, 3.05) is 6.54 Å². The predicted molar refractivity (Wildman–Crippen MR) is 60.4 cm³/mol. The fourth-order valence-electron chi connectivity index (χ4n) is 2.23. The summed E-state index contributed by atoms with van der Waals surface area (Å²) in [7, 11) is 0. The van der Waals surface area contributed by atoms with Gasteiger partial charge in [0.25, 0.3) is 5.91 Å². The van der Waals surface area contributed by atoms with E-state index in [-0.39, 0.29) is 11.6 Å². The molecule has 0 bridgehead atoms. The predicted octanol–water partition coefficient (Wildman–Crippen LogP) is 1.16. The van der Waals surface area contributed by atoms with Crippen LogP contribution in [0.25, 0.3) is 0 Å². The van der Waals surface area contributed by atoms with Crippen LogP contribution >= 0.6 is 0 Å². The molecule has 18 heavy (non-hydrogen) atoms. The van der Waals surface area contributed by atoms with Gasteiger partial charge in [0.2, 0.25) is 5.95 Å². The van der Waals surface area contributed by atoms with Crippen LogP contribution in [0.3, 0.4) is 0 Å². The van der Waals surface area contributed by atoms with E-state index in [1.807, 2.05) is 0 Å². The van der Waals surface area contributed by atoms with Crippen LogP contribution in [-0.4, -0.2) is 39.5 Å². The van der Waals surface area contributed by atoms with E-state index in [1.165, 1.54) is 17.0 Å². The molecule has 2 unspecified atom stereocenters. The Hall–Kier alpha value is -1.98. The Balaban J connectivity index is 2.26. The van der Waals surface area contributed by atoms with Gasteiger partial charge in [-0.2, -0.15) is 4.39 Å². The minimum atomic E-state index is -1.04. The minimum Gasteiger partial charge on any atom is -0.480 e. The molecule has 5 nitrogen and oxygen atoms in total. The molecule has 0 saturated carbocycles. The zero-order valence-electron chi connectivity index (χ0n) is 9.84. The Morgan fingerprint density at radius 2 is 2.22 bits per heavy atom. The summed E-state index contributed by atoms with van der Waals surface area (Å²) in [5.41, 5.74) is -0.0599. The number of likely N-dealkylation sites (tertiary alicyclic amines) is 1. The van der Waals surface area contributed by atoms with Crippen LogP contribution in [0.5, 0.6) is 0 Å². The lowest BCUT2D eigenvalue weighted by atomic mass is 10.0. The third-order valence-electron chi connectivity index (χ3n) is 3.15. The second-order valence-electron chi connectivity index (χ2n) is 4.39. The number of hydrogen-bond donors (Lipinski definition) is 1. The number of halogens is 1. The Kier molecular flexibility index (Phi) is 3.27. The molecule has 6 heteroatoms. The molecule has 1 aliphatic rings. The molecule has 1 aromatic rings. The summed E-state index contributed by atoms with van der Waals surface area (Å²) in [6, 6.07) is 3.04. The van der Waals surface area contributed by atoms with Crippen LogP contribution in [0.4, 0.5) is 4.39 Å². The maximum Gasteiger partial charge on any atom is 0.326 e. The van der Waals surface area contributed by atoms with E-state index in [2.05, 4.69) is 4.98 Å². The highest BCUT2D eigenvalue weighted by atomic mass is 19.1. The number of carboxylic acid groups (broad SMARTS) is 1. The third-order valence-corrected chi connectivity index (χ3v) is 3.15. The van der Waals surface area contributed by atoms with Crippen LogP contribution in [-0.2, 0) is 4.79 Å². The first-order valence-electron chi connectivity index (χ1n) is 5.67. The normalized spacial score (nSPS) is 23.1. The molecule has 0 radical (unpaired) electrons. The Morgan fingerprint density at radius 3 is 2.83 bits per heavy atom. The van der Waals surface area contributed by atoms with Crippen LogP contribution in [0.2, 0.25) is 0 Å². The maximum absolute atomic E-state index is 12.9. The van der Waals surface area contributed by atoms with E-state index in [0.29, 0.717) is 13.0 Å². The zero-order chi connectivity index (χ0) is 13.3. The summed E-state index contributed by atoms with van der Waals surface area (Å²) in [5.74, 6) is -2.43. The molecule has 0 aromatic carbocycles. The third kappa shape index (κ3) is 2.18. The SMILES string of the molecule is CC1CCN(C(=O)c2cccc(F)n2)C1C(=O)O. The van der Waals surface area contributed by atoms with Gasteiger partial charge in [0.1, 0.15) is 11.7 Å². The van der Waals surface area contributed by atoms with Gasteiger partial charge in [-0.05, 0) is 24.5 Å². The van der Waals surface area contributed by atoms with E-state index in [1.54, 1.807) is 6.92 Å². The first kappa shape index (κ1) is 12.5. The lowest BCUT2D eigenvalue weighted by Gasteiger charge is -2.22.